The van der Waals surface area contributed by atoms with E-state index in [4.69, 9.17) is 5.14 Å². The zero-order valence-electron chi connectivity index (χ0n) is 15.2. The van der Waals surface area contributed by atoms with E-state index in [0.29, 0.717) is 28.1 Å². The van der Waals surface area contributed by atoms with Gasteiger partial charge in [-0.15, -0.1) is 0 Å². The molecule has 3 aromatic rings. The van der Waals surface area contributed by atoms with Gasteiger partial charge in [-0.25, -0.2) is 13.6 Å². The third kappa shape index (κ3) is 5.96. The predicted molar refractivity (Wildman–Crippen MR) is 110 cm³/mol. The molecule has 1 heterocycles. The molecule has 148 valence electrons. The average molecular weight is 410 g/mol. The molecule has 0 aliphatic rings. The van der Waals surface area contributed by atoms with Gasteiger partial charge in [0.2, 0.25) is 10.0 Å². The SMILES string of the molecule is NS(=O)(=O)Cc1ccc(NC(=O)c2cccc(NC(=O)c3cccnc3)c2)cc1. The first-order chi connectivity index (χ1) is 13.8. The fourth-order valence-corrected chi connectivity index (χ4v) is 3.22. The van der Waals surface area contributed by atoms with Crippen LogP contribution in [0.25, 0.3) is 0 Å². The quantitative estimate of drug-likeness (QED) is 0.574. The number of carbonyl (C=O) groups is 2. The molecule has 4 N–H and O–H groups in total. The highest BCUT2D eigenvalue weighted by Crippen LogP contribution is 2.16. The van der Waals surface area contributed by atoms with Crippen molar-refractivity contribution in [2.24, 2.45) is 5.14 Å². The first-order valence-corrected chi connectivity index (χ1v) is 10.2. The van der Waals surface area contributed by atoms with Gasteiger partial charge >= 0.3 is 0 Å². The number of nitrogens with zero attached hydrogens (tertiary/aromatic N) is 1. The largest absolute Gasteiger partial charge is 0.322 e. The van der Waals surface area contributed by atoms with Crippen LogP contribution >= 0.6 is 0 Å². The third-order valence-corrected chi connectivity index (χ3v) is 4.62. The Labute approximate surface area is 167 Å². The number of carbonyl (C=O) groups excluding carboxylic acids is 2. The molecule has 0 aliphatic heterocycles. The normalized spacial score (nSPS) is 10.9. The molecule has 0 atom stereocenters. The van der Waals surface area contributed by atoms with Crippen molar-refractivity contribution in [2.75, 3.05) is 10.6 Å². The summed E-state index contributed by atoms with van der Waals surface area (Å²) in [7, 11) is -3.62. The summed E-state index contributed by atoms with van der Waals surface area (Å²) in [6.45, 7) is 0. The lowest BCUT2D eigenvalue weighted by molar-refractivity contribution is 0.101. The Kier molecular flexibility index (Phi) is 6.01. The van der Waals surface area contributed by atoms with Crippen LogP contribution < -0.4 is 15.8 Å². The summed E-state index contributed by atoms with van der Waals surface area (Å²) < 4.78 is 22.2. The Bertz CT molecular complexity index is 1130. The molecule has 0 radical (unpaired) electrons. The standard InChI is InChI=1S/C20H18N4O4S/c21-29(27,28)13-14-6-8-17(9-7-14)23-19(25)15-3-1-5-18(11-15)24-20(26)16-4-2-10-22-12-16/h1-12H,13H2,(H,23,25)(H,24,26)(H2,21,27,28). The van der Waals surface area contributed by atoms with Crippen LogP contribution in [-0.2, 0) is 15.8 Å². The average Bonchev–Trinajstić information content (AvgIpc) is 2.69. The van der Waals surface area contributed by atoms with Gasteiger partial charge in [0, 0.05) is 29.3 Å². The third-order valence-electron chi connectivity index (χ3n) is 3.89. The van der Waals surface area contributed by atoms with Gasteiger partial charge in [-0.1, -0.05) is 18.2 Å². The molecule has 1 aromatic heterocycles. The smallest absolute Gasteiger partial charge is 0.257 e. The zero-order valence-corrected chi connectivity index (χ0v) is 16.0. The van der Waals surface area contributed by atoms with E-state index in [1.54, 1.807) is 66.9 Å². The van der Waals surface area contributed by atoms with Crippen molar-refractivity contribution in [3.63, 3.8) is 0 Å². The van der Waals surface area contributed by atoms with Gasteiger partial charge in [-0.2, -0.15) is 0 Å². The number of benzene rings is 2. The van der Waals surface area contributed by atoms with Crippen molar-refractivity contribution in [3.05, 3.63) is 89.7 Å². The summed E-state index contributed by atoms with van der Waals surface area (Å²) in [4.78, 5) is 28.6. The summed E-state index contributed by atoms with van der Waals surface area (Å²) in [5.74, 6) is -0.984. The van der Waals surface area contributed by atoms with Crippen molar-refractivity contribution < 1.29 is 18.0 Å². The monoisotopic (exact) mass is 410 g/mol. The number of nitrogens with one attached hydrogen (secondary N) is 2. The van der Waals surface area contributed by atoms with Gasteiger partial charge in [0.25, 0.3) is 11.8 Å². The summed E-state index contributed by atoms with van der Waals surface area (Å²) in [5.41, 5.74) is 2.24. The molecule has 2 amide bonds. The second kappa shape index (κ2) is 8.63. The number of anilines is 2. The van der Waals surface area contributed by atoms with E-state index < -0.39 is 10.0 Å². The number of sulfonamides is 1. The Balaban J connectivity index is 1.67. The van der Waals surface area contributed by atoms with Crippen molar-refractivity contribution in [1.29, 1.82) is 0 Å². The van der Waals surface area contributed by atoms with Gasteiger partial charge < -0.3 is 10.6 Å². The molecule has 9 heteroatoms. The number of amides is 2. The second-order valence-electron chi connectivity index (χ2n) is 6.23. The predicted octanol–water partition coefficient (Wildman–Crippen LogP) is 2.37. The van der Waals surface area contributed by atoms with Crippen LogP contribution in [0.5, 0.6) is 0 Å². The van der Waals surface area contributed by atoms with Crippen LogP contribution in [-0.4, -0.2) is 25.2 Å². The van der Waals surface area contributed by atoms with Crippen molar-refractivity contribution in [2.45, 2.75) is 5.75 Å². The van der Waals surface area contributed by atoms with E-state index in [1.165, 1.54) is 6.20 Å². The van der Waals surface area contributed by atoms with E-state index in [2.05, 4.69) is 15.6 Å². The first-order valence-electron chi connectivity index (χ1n) is 8.52. The minimum absolute atomic E-state index is 0.278. The Hall–Kier alpha value is -3.56. The summed E-state index contributed by atoms with van der Waals surface area (Å²) in [5, 5.41) is 10.5. The van der Waals surface area contributed by atoms with Crippen LogP contribution in [0, 0.1) is 0 Å². The van der Waals surface area contributed by atoms with Crippen LogP contribution in [0.15, 0.2) is 73.1 Å². The Morgan fingerprint density at radius 3 is 2.17 bits per heavy atom. The molecule has 0 saturated heterocycles. The van der Waals surface area contributed by atoms with Crippen molar-refractivity contribution >= 4 is 33.2 Å². The molecule has 29 heavy (non-hydrogen) atoms. The molecular formula is C20H18N4O4S. The fourth-order valence-electron chi connectivity index (χ4n) is 2.56. The van der Waals surface area contributed by atoms with E-state index in [0.717, 1.165) is 0 Å². The van der Waals surface area contributed by atoms with Crippen LogP contribution in [0.4, 0.5) is 11.4 Å². The maximum atomic E-state index is 12.5. The van der Waals surface area contributed by atoms with Gasteiger partial charge in [-0.3, -0.25) is 14.6 Å². The van der Waals surface area contributed by atoms with Crippen LogP contribution in [0.1, 0.15) is 26.3 Å². The van der Waals surface area contributed by atoms with Crippen LogP contribution in [0.2, 0.25) is 0 Å². The van der Waals surface area contributed by atoms with E-state index in [9.17, 15) is 18.0 Å². The molecule has 3 rings (SSSR count). The molecule has 2 aromatic carbocycles. The van der Waals surface area contributed by atoms with Crippen molar-refractivity contribution in [1.82, 2.24) is 4.98 Å². The molecule has 0 spiro atoms. The van der Waals surface area contributed by atoms with E-state index in [1.807, 2.05) is 0 Å². The highest BCUT2D eigenvalue weighted by molar-refractivity contribution is 7.88. The molecule has 8 nitrogen and oxygen atoms in total. The number of nitrogens with two attached hydrogens (primary N) is 1. The fraction of sp³-hybridized carbons (Fsp3) is 0.0500. The summed E-state index contributed by atoms with van der Waals surface area (Å²) >= 11 is 0. The molecule has 0 bridgehead atoms. The van der Waals surface area contributed by atoms with Gasteiger partial charge in [0.1, 0.15) is 0 Å². The van der Waals surface area contributed by atoms with Gasteiger partial charge in [0.05, 0.1) is 11.3 Å². The highest BCUT2D eigenvalue weighted by Gasteiger charge is 2.10. The number of aromatic nitrogens is 1. The molecule has 0 fully saturated rings. The summed E-state index contributed by atoms with van der Waals surface area (Å²) in [6, 6.07) is 16.1. The topological polar surface area (TPSA) is 131 Å². The minimum atomic E-state index is -3.62. The first kappa shape index (κ1) is 20.2. The van der Waals surface area contributed by atoms with Gasteiger partial charge in [-0.05, 0) is 48.0 Å². The lowest BCUT2D eigenvalue weighted by Gasteiger charge is -2.09. The molecule has 0 saturated carbocycles. The highest BCUT2D eigenvalue weighted by atomic mass is 32.2. The van der Waals surface area contributed by atoms with Crippen LogP contribution in [0.3, 0.4) is 0 Å². The lowest BCUT2D eigenvalue weighted by atomic mass is 10.1. The minimum Gasteiger partial charge on any atom is -0.322 e. The maximum Gasteiger partial charge on any atom is 0.257 e. The van der Waals surface area contributed by atoms with E-state index in [-0.39, 0.29) is 17.6 Å². The number of hydrogen-bond acceptors (Lipinski definition) is 5. The second-order valence-corrected chi connectivity index (χ2v) is 7.85. The lowest BCUT2D eigenvalue weighted by Crippen LogP contribution is -2.15. The molecular weight excluding hydrogens is 392 g/mol. The molecule has 0 unspecified atom stereocenters. The Morgan fingerprint density at radius 2 is 1.52 bits per heavy atom. The number of hydrogen-bond donors (Lipinski definition) is 3. The van der Waals surface area contributed by atoms with Crippen molar-refractivity contribution in [3.8, 4) is 0 Å². The Morgan fingerprint density at radius 1 is 0.862 bits per heavy atom. The zero-order chi connectivity index (χ0) is 20.9. The maximum absolute atomic E-state index is 12.5. The summed E-state index contributed by atoms with van der Waals surface area (Å²) in [6.07, 6.45) is 3.02. The number of primary sulfonamides is 1. The van der Waals surface area contributed by atoms with E-state index >= 15 is 0 Å². The van der Waals surface area contributed by atoms with Gasteiger partial charge in [0.15, 0.2) is 0 Å². The molecule has 0 aliphatic carbocycles. The number of rotatable bonds is 6. The number of pyridine rings is 1.